The predicted octanol–water partition coefficient (Wildman–Crippen LogP) is 15.0. The molecule has 4 fully saturated rings. The SMILES string of the molecule is CC(C)CCCC(NC(=O)CCC(NC(=O)CCC(NC(C)C)C(=O)C(C)C)C(=O)C(C)C)C(=O)C(C)C.CC(C)NCCCC(NC(C)C)C(=O)C(C)C.CC(C)OC[C@@H](C)C1CCC2C3C(OC(C)C)CC4CC(OC(C)C)CCC4(C)C3CC(OC(C)C)C21C. The van der Waals surface area contributed by atoms with Crippen molar-refractivity contribution in [3.8, 4) is 0 Å². The number of amides is 2. The van der Waals surface area contributed by atoms with E-state index >= 15 is 0 Å². The topological polar surface area (TPSA) is 199 Å². The highest BCUT2D eigenvalue weighted by Gasteiger charge is 2.67. The molecule has 4 aliphatic carbocycles. The number of rotatable bonds is 39. The summed E-state index contributed by atoms with van der Waals surface area (Å²) in [5, 5.41) is 15.7. The maximum absolute atomic E-state index is 12.8. The molecule has 2 amide bonds. The fourth-order valence-corrected chi connectivity index (χ4v) is 16.2. The lowest BCUT2D eigenvalue weighted by molar-refractivity contribution is -0.238. The van der Waals surface area contributed by atoms with Gasteiger partial charge in [0.2, 0.25) is 11.8 Å². The third-order valence-electron chi connectivity index (χ3n) is 20.7. The molecule has 0 spiro atoms. The Morgan fingerprint density at radius 3 is 1.38 bits per heavy atom. The Kier molecular flexibility index (Phi) is 38.7. The minimum atomic E-state index is -0.800. The number of ketones is 4. The lowest BCUT2D eigenvalue weighted by Crippen LogP contribution is -2.63. The molecule has 5 N–H and O–H groups in total. The largest absolute Gasteiger partial charge is 0.379 e. The Hall–Kier alpha value is -2.66. The number of hydrogen-bond donors (Lipinski definition) is 5. The molecule has 0 radical (unpaired) electrons. The first-order valence-corrected chi connectivity index (χ1v) is 37.7. The smallest absolute Gasteiger partial charge is 0.220 e. The van der Waals surface area contributed by atoms with Crippen molar-refractivity contribution in [1.82, 2.24) is 26.6 Å². The monoisotopic (exact) mass is 1310 g/mol. The molecule has 0 aliphatic heterocycles. The molecule has 4 aliphatic rings. The molecule has 4 rings (SSSR count). The molecule has 0 heterocycles. The summed E-state index contributed by atoms with van der Waals surface area (Å²) in [6, 6.07) is -0.782. The third-order valence-corrected chi connectivity index (χ3v) is 20.7. The first-order valence-electron chi connectivity index (χ1n) is 37.7. The lowest BCUT2D eigenvalue weighted by atomic mass is 9.43. The minimum Gasteiger partial charge on any atom is -0.379 e. The zero-order valence-electron chi connectivity index (χ0n) is 64.7. The molecule has 0 bridgehead atoms. The van der Waals surface area contributed by atoms with Gasteiger partial charge in [-0.25, -0.2) is 0 Å². The van der Waals surface area contributed by atoms with Crippen LogP contribution in [0, 0.1) is 75.9 Å². The van der Waals surface area contributed by atoms with Gasteiger partial charge in [0.15, 0.2) is 23.1 Å². The predicted molar refractivity (Wildman–Crippen MR) is 383 cm³/mol. The van der Waals surface area contributed by atoms with Crippen molar-refractivity contribution in [3.63, 3.8) is 0 Å². The van der Waals surface area contributed by atoms with Gasteiger partial charge in [0.1, 0.15) is 0 Å². The summed E-state index contributed by atoms with van der Waals surface area (Å²) in [4.78, 5) is 75.6. The normalized spacial score (nSPS) is 26.3. The van der Waals surface area contributed by atoms with Crippen LogP contribution in [0.3, 0.4) is 0 Å². The van der Waals surface area contributed by atoms with E-state index < -0.39 is 18.1 Å². The third kappa shape index (κ3) is 28.6. The van der Waals surface area contributed by atoms with Crippen LogP contribution in [0.4, 0.5) is 0 Å². The van der Waals surface area contributed by atoms with Crippen LogP contribution in [-0.4, -0.2) is 133 Å². The molecule has 93 heavy (non-hydrogen) atoms. The van der Waals surface area contributed by atoms with Crippen LogP contribution >= 0.6 is 0 Å². The van der Waals surface area contributed by atoms with Gasteiger partial charge in [0.25, 0.3) is 0 Å². The zero-order valence-corrected chi connectivity index (χ0v) is 64.7. The Morgan fingerprint density at radius 2 is 0.925 bits per heavy atom. The molecule has 14 unspecified atom stereocenters. The molecule has 0 aromatic rings. The van der Waals surface area contributed by atoms with Crippen molar-refractivity contribution in [2.24, 2.45) is 75.9 Å². The van der Waals surface area contributed by atoms with Gasteiger partial charge in [-0.2, -0.15) is 0 Å². The fraction of sp³-hybridized carbons (Fsp3) is 0.923. The van der Waals surface area contributed by atoms with Gasteiger partial charge in [-0.05, 0) is 186 Å². The van der Waals surface area contributed by atoms with Crippen LogP contribution in [-0.2, 0) is 47.7 Å². The van der Waals surface area contributed by atoms with E-state index in [4.69, 9.17) is 18.9 Å². The van der Waals surface area contributed by atoms with E-state index in [1.54, 1.807) is 13.8 Å². The van der Waals surface area contributed by atoms with Crippen molar-refractivity contribution in [2.75, 3.05) is 13.2 Å². The lowest BCUT2D eigenvalue weighted by Gasteiger charge is -2.65. The summed E-state index contributed by atoms with van der Waals surface area (Å²) in [5.74, 6) is 3.40. The number of carbonyl (C=O) groups is 6. The van der Waals surface area contributed by atoms with Crippen molar-refractivity contribution in [2.45, 2.75) is 375 Å². The highest BCUT2D eigenvalue weighted by molar-refractivity contribution is 5.92. The van der Waals surface area contributed by atoms with Crippen LogP contribution in [0.5, 0.6) is 0 Å². The summed E-state index contributed by atoms with van der Waals surface area (Å²) in [5.41, 5.74) is 0.521. The van der Waals surface area contributed by atoms with Crippen molar-refractivity contribution in [3.05, 3.63) is 0 Å². The van der Waals surface area contributed by atoms with E-state index in [2.05, 4.69) is 144 Å². The Morgan fingerprint density at radius 1 is 0.462 bits per heavy atom. The molecule has 15 atom stereocenters. The van der Waals surface area contributed by atoms with Crippen LogP contribution < -0.4 is 26.6 Å². The highest BCUT2D eigenvalue weighted by Crippen LogP contribution is 2.69. The number of fused-ring (bicyclic) bond motifs is 5. The number of hydrogen-bond acceptors (Lipinski definition) is 13. The zero-order chi connectivity index (χ0) is 71.0. The maximum atomic E-state index is 12.8. The van der Waals surface area contributed by atoms with E-state index in [0.29, 0.717) is 102 Å². The van der Waals surface area contributed by atoms with Crippen molar-refractivity contribution < 1.29 is 47.7 Å². The highest BCUT2D eigenvalue weighted by atomic mass is 16.5. The van der Waals surface area contributed by atoms with Crippen LogP contribution in [0.25, 0.3) is 0 Å². The molecule has 15 heteroatoms. The molecular weight excluding hydrogens is 1170 g/mol. The molecule has 544 valence electrons. The Labute approximate surface area is 570 Å². The minimum absolute atomic E-state index is 0.00530. The summed E-state index contributed by atoms with van der Waals surface area (Å²) in [6.07, 6.45) is 15.8. The van der Waals surface area contributed by atoms with Crippen molar-refractivity contribution >= 4 is 34.9 Å². The molecule has 4 saturated carbocycles. The fourth-order valence-electron chi connectivity index (χ4n) is 16.2. The number of nitrogens with one attached hydrogen (secondary N) is 5. The van der Waals surface area contributed by atoms with E-state index in [1.807, 2.05) is 55.4 Å². The molecular formula is C78H147N5O10. The van der Waals surface area contributed by atoms with Gasteiger partial charge in [-0.15, -0.1) is 0 Å². The molecule has 15 nitrogen and oxygen atoms in total. The maximum Gasteiger partial charge on any atom is 0.220 e. The Bertz CT molecular complexity index is 2190. The standard InChI is InChI=1S/C34H62O4.C30H55N3O5.C14H30N2O/c1-20(2)35-19-24(9)27-12-13-28-32-29(18-31(34(27,28)11)38-23(7)8)33(10)15-14-26(36-21(3)4)16-25(33)17-30(32)37-22(5)6;1-18(2)12-11-13-23(28(36)19(3)4)32-26(34)17-15-25(30(38)21(7)8)33-27(35)16-14-24(31-22(9)10)29(37)20(5)6;1-10(2)14(17)13(16-12(5)6)8-7-9-15-11(3)4/h20-32H,12-19H2,1-11H3;18-25,31H,11-17H2,1-10H3,(H,32,34)(H,33,35);10-13,15-16H,7-9H2,1-6H3/t24-,25?,26?,27?,28?,29?,30?,31?,32?,33?,34?;;/m1../s1. The van der Waals surface area contributed by atoms with Gasteiger partial charge in [-0.3, -0.25) is 28.8 Å². The first kappa shape index (κ1) is 86.4. The van der Waals surface area contributed by atoms with E-state index in [-0.39, 0.29) is 108 Å². The first-order chi connectivity index (χ1) is 43.2. The van der Waals surface area contributed by atoms with Gasteiger partial charge >= 0.3 is 0 Å². The molecule has 0 aromatic heterocycles. The summed E-state index contributed by atoms with van der Waals surface area (Å²) in [6.45, 7) is 58.6. The quantitative estimate of drug-likeness (QED) is 0.0365. The average Bonchev–Trinajstić information content (AvgIpc) is 1.68. The number of ether oxygens (including phenoxy) is 4. The number of carbonyl (C=O) groups excluding carboxylic acids is 6. The summed E-state index contributed by atoms with van der Waals surface area (Å²) >= 11 is 0. The Balaban J connectivity index is 0.000000510. The summed E-state index contributed by atoms with van der Waals surface area (Å²) in [7, 11) is 0. The van der Waals surface area contributed by atoms with Gasteiger partial charge < -0.3 is 45.5 Å². The van der Waals surface area contributed by atoms with E-state index in [9.17, 15) is 28.8 Å². The van der Waals surface area contributed by atoms with Gasteiger partial charge in [-0.1, -0.05) is 144 Å². The second-order valence-electron chi connectivity index (χ2n) is 33.2. The molecule has 0 saturated heterocycles. The van der Waals surface area contributed by atoms with Crippen LogP contribution in [0.2, 0.25) is 0 Å². The molecule has 0 aromatic carbocycles. The second kappa shape index (κ2) is 41.7. The van der Waals surface area contributed by atoms with Crippen LogP contribution in [0.1, 0.15) is 290 Å². The van der Waals surface area contributed by atoms with Crippen LogP contribution in [0.15, 0.2) is 0 Å². The van der Waals surface area contributed by atoms with Gasteiger partial charge in [0.05, 0.1) is 66.9 Å². The average molecular weight is 1320 g/mol. The van der Waals surface area contributed by atoms with Crippen molar-refractivity contribution in [1.29, 1.82) is 0 Å². The second-order valence-corrected chi connectivity index (χ2v) is 33.2. The number of Topliss-reactive ketones (excluding diaryl/α,β-unsaturated/α-hetero) is 4. The van der Waals surface area contributed by atoms with Gasteiger partial charge in [0, 0.05) is 66.7 Å². The van der Waals surface area contributed by atoms with E-state index in [1.165, 1.54) is 44.9 Å². The van der Waals surface area contributed by atoms with E-state index in [0.717, 1.165) is 38.8 Å². The summed E-state index contributed by atoms with van der Waals surface area (Å²) < 4.78 is 26.5.